The van der Waals surface area contributed by atoms with Crippen LogP contribution < -0.4 is 10.6 Å². The third kappa shape index (κ3) is 3.26. The van der Waals surface area contributed by atoms with Crippen LogP contribution in [0, 0.1) is 6.92 Å². The molecule has 0 radical (unpaired) electrons. The van der Waals surface area contributed by atoms with E-state index in [9.17, 15) is 4.79 Å². The average Bonchev–Trinajstić information content (AvgIpc) is 2.81. The van der Waals surface area contributed by atoms with Crippen LogP contribution in [0.2, 0.25) is 5.02 Å². The molecule has 2 aromatic rings. The van der Waals surface area contributed by atoms with Crippen molar-refractivity contribution in [3.63, 3.8) is 0 Å². The van der Waals surface area contributed by atoms with Crippen LogP contribution in [0.15, 0.2) is 28.8 Å². The first kappa shape index (κ1) is 13.4. The van der Waals surface area contributed by atoms with Gasteiger partial charge in [0.2, 0.25) is 0 Å². The highest BCUT2D eigenvalue weighted by Crippen LogP contribution is 2.20. The Morgan fingerprint density at radius 1 is 1.42 bits per heavy atom. The third-order valence-electron chi connectivity index (χ3n) is 2.60. The van der Waals surface area contributed by atoms with Crippen molar-refractivity contribution >= 4 is 23.2 Å². The lowest BCUT2D eigenvalue weighted by molar-refractivity contribution is 0.0951. The molecular formula is C13H14ClN3O2. The van der Waals surface area contributed by atoms with Gasteiger partial charge in [0.05, 0.1) is 12.1 Å². The van der Waals surface area contributed by atoms with Gasteiger partial charge in [-0.15, -0.1) is 0 Å². The topological polar surface area (TPSA) is 67.2 Å². The van der Waals surface area contributed by atoms with Gasteiger partial charge >= 0.3 is 0 Å². The van der Waals surface area contributed by atoms with Gasteiger partial charge in [-0.05, 0) is 25.1 Å². The Bertz CT molecular complexity index is 595. The molecule has 2 rings (SSSR count). The van der Waals surface area contributed by atoms with Crippen LogP contribution in [0.3, 0.4) is 0 Å². The number of benzene rings is 1. The second-order valence-corrected chi connectivity index (χ2v) is 4.49. The maximum Gasteiger partial charge on any atom is 0.253 e. The number of aryl methyl sites for hydroxylation is 1. The Kier molecular flexibility index (Phi) is 4.06. The summed E-state index contributed by atoms with van der Waals surface area (Å²) in [5.41, 5.74) is 1.90. The molecule has 0 bridgehead atoms. The molecule has 0 unspecified atom stereocenters. The number of amides is 1. The van der Waals surface area contributed by atoms with E-state index in [0.29, 0.717) is 28.6 Å². The van der Waals surface area contributed by atoms with Crippen molar-refractivity contribution in [1.29, 1.82) is 0 Å². The van der Waals surface area contributed by atoms with E-state index in [1.807, 2.05) is 0 Å². The molecule has 19 heavy (non-hydrogen) atoms. The molecule has 0 fully saturated rings. The molecule has 0 saturated carbocycles. The summed E-state index contributed by atoms with van der Waals surface area (Å²) >= 11 is 5.90. The zero-order chi connectivity index (χ0) is 13.8. The fourth-order valence-corrected chi connectivity index (χ4v) is 1.86. The number of rotatable bonds is 4. The molecule has 1 aromatic carbocycles. The fraction of sp³-hybridized carbons (Fsp3) is 0.231. The van der Waals surface area contributed by atoms with Crippen LogP contribution in [0.1, 0.15) is 21.8 Å². The van der Waals surface area contributed by atoms with E-state index in [1.165, 1.54) is 0 Å². The third-order valence-corrected chi connectivity index (χ3v) is 2.84. The fourth-order valence-electron chi connectivity index (χ4n) is 1.69. The Hall–Kier alpha value is -2.01. The van der Waals surface area contributed by atoms with E-state index in [4.69, 9.17) is 16.1 Å². The van der Waals surface area contributed by atoms with E-state index in [2.05, 4.69) is 15.8 Å². The summed E-state index contributed by atoms with van der Waals surface area (Å²) in [6, 6.07) is 6.89. The molecule has 0 aliphatic carbocycles. The number of halogens is 1. The Labute approximate surface area is 115 Å². The summed E-state index contributed by atoms with van der Waals surface area (Å²) in [6.45, 7) is 2.11. The summed E-state index contributed by atoms with van der Waals surface area (Å²) in [4.78, 5) is 12.1. The molecule has 0 atom stereocenters. The summed E-state index contributed by atoms with van der Waals surface area (Å²) < 4.78 is 4.93. The molecule has 1 amide bonds. The predicted molar refractivity (Wildman–Crippen MR) is 73.4 cm³/mol. The van der Waals surface area contributed by atoms with Crippen molar-refractivity contribution in [2.24, 2.45) is 0 Å². The zero-order valence-electron chi connectivity index (χ0n) is 10.7. The minimum atomic E-state index is -0.215. The van der Waals surface area contributed by atoms with E-state index < -0.39 is 0 Å². The molecule has 100 valence electrons. The van der Waals surface area contributed by atoms with E-state index in [-0.39, 0.29) is 5.91 Å². The summed E-state index contributed by atoms with van der Waals surface area (Å²) in [7, 11) is 1.75. The molecule has 6 heteroatoms. The molecule has 0 spiro atoms. The molecule has 0 aliphatic rings. The van der Waals surface area contributed by atoms with Crippen molar-refractivity contribution < 1.29 is 9.32 Å². The van der Waals surface area contributed by atoms with Gasteiger partial charge in [-0.1, -0.05) is 16.8 Å². The van der Waals surface area contributed by atoms with Gasteiger partial charge in [0.25, 0.3) is 5.91 Å². The van der Waals surface area contributed by atoms with Crippen molar-refractivity contribution in [1.82, 2.24) is 10.5 Å². The normalized spacial score (nSPS) is 10.3. The number of carbonyl (C=O) groups excluding carboxylic acids is 1. The number of hydrogen-bond donors (Lipinski definition) is 2. The lowest BCUT2D eigenvalue weighted by atomic mass is 10.1. The van der Waals surface area contributed by atoms with Gasteiger partial charge in [0, 0.05) is 23.8 Å². The minimum Gasteiger partial charge on any atom is -0.387 e. The van der Waals surface area contributed by atoms with Crippen LogP contribution in [-0.4, -0.2) is 18.1 Å². The Morgan fingerprint density at radius 2 is 2.21 bits per heavy atom. The largest absolute Gasteiger partial charge is 0.387 e. The van der Waals surface area contributed by atoms with Crippen LogP contribution in [0.5, 0.6) is 0 Å². The number of aromatic nitrogens is 1. The number of anilines is 1. The number of nitrogens with one attached hydrogen (secondary N) is 2. The van der Waals surface area contributed by atoms with Gasteiger partial charge in [-0.25, -0.2) is 0 Å². The maximum absolute atomic E-state index is 12.1. The smallest absolute Gasteiger partial charge is 0.253 e. The lowest BCUT2D eigenvalue weighted by Crippen LogP contribution is -2.23. The van der Waals surface area contributed by atoms with Crippen molar-refractivity contribution in [2.75, 3.05) is 12.4 Å². The first-order valence-electron chi connectivity index (χ1n) is 5.78. The lowest BCUT2D eigenvalue weighted by Gasteiger charge is -2.09. The van der Waals surface area contributed by atoms with Crippen LogP contribution in [-0.2, 0) is 6.54 Å². The average molecular weight is 280 g/mol. The molecule has 2 N–H and O–H groups in total. The molecule has 1 aromatic heterocycles. The summed E-state index contributed by atoms with van der Waals surface area (Å²) in [5.74, 6) is 0.496. The van der Waals surface area contributed by atoms with Crippen molar-refractivity contribution in [3.05, 3.63) is 46.3 Å². The van der Waals surface area contributed by atoms with Gasteiger partial charge in [0.1, 0.15) is 11.5 Å². The monoisotopic (exact) mass is 279 g/mol. The quantitative estimate of drug-likeness (QED) is 0.903. The highest BCUT2D eigenvalue weighted by Gasteiger charge is 2.12. The summed E-state index contributed by atoms with van der Waals surface area (Å²) in [5, 5.41) is 10.0. The van der Waals surface area contributed by atoms with Gasteiger partial charge in [-0.2, -0.15) is 0 Å². The minimum absolute atomic E-state index is 0.215. The van der Waals surface area contributed by atoms with Crippen LogP contribution in [0.25, 0.3) is 0 Å². The van der Waals surface area contributed by atoms with E-state index in [1.54, 1.807) is 38.2 Å². The SMILES string of the molecule is CNc1ccc(Cl)cc1C(=O)NCc1cc(C)on1. The first-order chi connectivity index (χ1) is 9.10. The Balaban J connectivity index is 2.09. The highest BCUT2D eigenvalue weighted by atomic mass is 35.5. The Morgan fingerprint density at radius 3 is 2.84 bits per heavy atom. The second-order valence-electron chi connectivity index (χ2n) is 4.05. The molecule has 1 heterocycles. The highest BCUT2D eigenvalue weighted by molar-refractivity contribution is 6.31. The number of hydrogen-bond acceptors (Lipinski definition) is 4. The van der Waals surface area contributed by atoms with E-state index in [0.717, 1.165) is 5.69 Å². The predicted octanol–water partition coefficient (Wildman–Crippen LogP) is 2.61. The number of nitrogens with zero attached hydrogens (tertiary/aromatic N) is 1. The second kappa shape index (κ2) is 5.75. The standard InChI is InChI=1S/C13H14ClN3O2/c1-8-5-10(17-19-8)7-16-13(18)11-6-9(14)3-4-12(11)15-2/h3-6,15H,7H2,1-2H3,(H,16,18). The molecule has 5 nitrogen and oxygen atoms in total. The molecule has 0 aliphatic heterocycles. The molecule has 0 saturated heterocycles. The van der Waals surface area contributed by atoms with E-state index >= 15 is 0 Å². The van der Waals surface area contributed by atoms with Gasteiger partial charge in [0.15, 0.2) is 0 Å². The van der Waals surface area contributed by atoms with Gasteiger partial charge in [-0.3, -0.25) is 4.79 Å². The van der Waals surface area contributed by atoms with Gasteiger partial charge < -0.3 is 15.2 Å². The van der Waals surface area contributed by atoms with Crippen LogP contribution >= 0.6 is 11.6 Å². The zero-order valence-corrected chi connectivity index (χ0v) is 11.4. The number of carbonyl (C=O) groups is 1. The van der Waals surface area contributed by atoms with Crippen LogP contribution in [0.4, 0.5) is 5.69 Å². The summed E-state index contributed by atoms with van der Waals surface area (Å²) in [6.07, 6.45) is 0. The molecular weight excluding hydrogens is 266 g/mol. The van der Waals surface area contributed by atoms with Crippen molar-refractivity contribution in [3.8, 4) is 0 Å². The maximum atomic E-state index is 12.1. The first-order valence-corrected chi connectivity index (χ1v) is 6.15. The van der Waals surface area contributed by atoms with Crippen molar-refractivity contribution in [2.45, 2.75) is 13.5 Å².